The SMILES string of the molecule is CC(=N)N1CCN(c2ccc(-c3ccn4c(-c5cccc6nc(C)ccc56)cnc4c3)cc2)CC1. The average molecular weight is 461 g/mol. The number of piperazine rings is 1. The van der Waals surface area contributed by atoms with Gasteiger partial charge in [0.1, 0.15) is 5.65 Å². The Morgan fingerprint density at radius 2 is 1.69 bits per heavy atom. The van der Waals surface area contributed by atoms with Crippen molar-refractivity contribution < 1.29 is 0 Å². The van der Waals surface area contributed by atoms with Gasteiger partial charge in [0.2, 0.25) is 0 Å². The van der Waals surface area contributed by atoms with E-state index in [9.17, 15) is 0 Å². The molecule has 0 atom stereocenters. The molecule has 6 rings (SSSR count). The standard InChI is InChI=1S/C29H28N6/c1-20-6-11-25-26(4-3-5-27(25)32-20)28-19-31-29-18-23(12-13-35(28)29)22-7-9-24(10-8-22)34-16-14-33(15-17-34)21(2)30/h3-13,18-19,30H,14-17H2,1-2H3. The highest BCUT2D eigenvalue weighted by atomic mass is 15.3. The number of amidine groups is 1. The molecule has 0 bridgehead atoms. The van der Waals surface area contributed by atoms with E-state index in [1.807, 2.05) is 20.0 Å². The van der Waals surface area contributed by atoms with E-state index < -0.39 is 0 Å². The molecule has 3 aromatic heterocycles. The number of nitrogens with zero attached hydrogens (tertiary/aromatic N) is 5. The summed E-state index contributed by atoms with van der Waals surface area (Å²) >= 11 is 0. The normalized spacial score (nSPS) is 14.1. The van der Waals surface area contributed by atoms with Crippen LogP contribution >= 0.6 is 0 Å². The number of imidazole rings is 1. The molecular weight excluding hydrogens is 432 g/mol. The molecule has 0 spiro atoms. The minimum Gasteiger partial charge on any atom is -0.368 e. The fourth-order valence-corrected chi connectivity index (χ4v) is 5.00. The molecule has 2 aromatic carbocycles. The van der Waals surface area contributed by atoms with Crippen LogP contribution in [0.1, 0.15) is 12.6 Å². The van der Waals surface area contributed by atoms with Crippen molar-refractivity contribution in [3.05, 3.63) is 84.8 Å². The molecule has 0 amide bonds. The molecule has 0 unspecified atom stereocenters. The van der Waals surface area contributed by atoms with Crippen molar-refractivity contribution in [2.24, 2.45) is 0 Å². The maximum atomic E-state index is 7.83. The molecule has 1 saturated heterocycles. The quantitative estimate of drug-likeness (QED) is 0.279. The molecule has 0 aliphatic carbocycles. The van der Waals surface area contributed by atoms with Gasteiger partial charge in [-0.05, 0) is 61.4 Å². The number of pyridine rings is 2. The highest BCUT2D eigenvalue weighted by Crippen LogP contribution is 2.31. The lowest BCUT2D eigenvalue weighted by Crippen LogP contribution is -2.47. The minimum atomic E-state index is 0.657. The van der Waals surface area contributed by atoms with Crippen LogP contribution in [0, 0.1) is 12.3 Å². The van der Waals surface area contributed by atoms with Gasteiger partial charge in [-0.1, -0.05) is 30.3 Å². The largest absolute Gasteiger partial charge is 0.368 e. The zero-order valence-electron chi connectivity index (χ0n) is 20.1. The second-order valence-electron chi connectivity index (χ2n) is 9.22. The first-order chi connectivity index (χ1) is 17.1. The Kier molecular flexibility index (Phi) is 5.21. The summed E-state index contributed by atoms with van der Waals surface area (Å²) in [6, 6.07) is 23.6. The molecule has 1 aliphatic rings. The van der Waals surface area contributed by atoms with E-state index in [0.29, 0.717) is 5.84 Å². The number of hydrogen-bond acceptors (Lipinski definition) is 4. The van der Waals surface area contributed by atoms with Crippen LogP contribution in [-0.4, -0.2) is 51.3 Å². The van der Waals surface area contributed by atoms with E-state index in [4.69, 9.17) is 10.4 Å². The van der Waals surface area contributed by atoms with Crippen LogP contribution in [0.3, 0.4) is 0 Å². The third-order valence-corrected chi connectivity index (χ3v) is 6.98. The zero-order chi connectivity index (χ0) is 23.9. The van der Waals surface area contributed by atoms with Crippen molar-refractivity contribution in [3.8, 4) is 22.4 Å². The molecule has 6 nitrogen and oxygen atoms in total. The Morgan fingerprint density at radius 3 is 2.46 bits per heavy atom. The van der Waals surface area contributed by atoms with Crippen LogP contribution < -0.4 is 4.90 Å². The molecule has 0 saturated carbocycles. The summed E-state index contributed by atoms with van der Waals surface area (Å²) in [6.07, 6.45) is 4.06. The lowest BCUT2D eigenvalue weighted by Gasteiger charge is -2.36. The minimum absolute atomic E-state index is 0.657. The number of aryl methyl sites for hydroxylation is 1. The summed E-state index contributed by atoms with van der Waals surface area (Å²) < 4.78 is 2.15. The zero-order valence-corrected chi connectivity index (χ0v) is 20.1. The molecule has 4 heterocycles. The van der Waals surface area contributed by atoms with Crippen molar-refractivity contribution in [1.82, 2.24) is 19.3 Å². The molecule has 5 aromatic rings. The van der Waals surface area contributed by atoms with Gasteiger partial charge in [0.15, 0.2) is 0 Å². The van der Waals surface area contributed by atoms with Gasteiger partial charge < -0.3 is 9.80 Å². The number of hydrogen-bond donors (Lipinski definition) is 1. The van der Waals surface area contributed by atoms with E-state index in [1.165, 1.54) is 11.3 Å². The van der Waals surface area contributed by atoms with Gasteiger partial charge in [0.05, 0.1) is 23.2 Å². The van der Waals surface area contributed by atoms with Gasteiger partial charge >= 0.3 is 0 Å². The highest BCUT2D eigenvalue weighted by molar-refractivity contribution is 5.94. The highest BCUT2D eigenvalue weighted by Gasteiger charge is 2.17. The Morgan fingerprint density at radius 1 is 0.886 bits per heavy atom. The van der Waals surface area contributed by atoms with E-state index in [2.05, 4.69) is 92.1 Å². The maximum absolute atomic E-state index is 7.83. The van der Waals surface area contributed by atoms with Gasteiger partial charge in [0, 0.05) is 54.7 Å². The van der Waals surface area contributed by atoms with Crippen molar-refractivity contribution in [2.75, 3.05) is 31.1 Å². The summed E-state index contributed by atoms with van der Waals surface area (Å²) in [7, 11) is 0. The fraction of sp³-hybridized carbons (Fsp3) is 0.207. The lowest BCUT2D eigenvalue weighted by atomic mass is 10.0. The van der Waals surface area contributed by atoms with Crippen LogP contribution in [0.4, 0.5) is 5.69 Å². The third kappa shape index (κ3) is 3.91. The monoisotopic (exact) mass is 460 g/mol. The fourth-order valence-electron chi connectivity index (χ4n) is 5.00. The number of rotatable bonds is 3. The maximum Gasteiger partial charge on any atom is 0.137 e. The molecule has 174 valence electrons. The van der Waals surface area contributed by atoms with Gasteiger partial charge in [0.25, 0.3) is 0 Å². The summed E-state index contributed by atoms with van der Waals surface area (Å²) in [5.41, 5.74) is 8.73. The Bertz CT molecular complexity index is 1540. The van der Waals surface area contributed by atoms with Crippen LogP contribution in [-0.2, 0) is 0 Å². The van der Waals surface area contributed by atoms with E-state index in [1.54, 1.807) is 0 Å². The number of benzene rings is 2. The average Bonchev–Trinajstić information content (AvgIpc) is 3.31. The topological polar surface area (TPSA) is 60.5 Å². The molecule has 0 radical (unpaired) electrons. The van der Waals surface area contributed by atoms with Crippen LogP contribution in [0.15, 0.2) is 79.1 Å². The van der Waals surface area contributed by atoms with Gasteiger partial charge in [-0.3, -0.25) is 14.8 Å². The lowest BCUT2D eigenvalue weighted by molar-refractivity contribution is 0.382. The summed E-state index contributed by atoms with van der Waals surface area (Å²) in [4.78, 5) is 13.9. The van der Waals surface area contributed by atoms with Crippen molar-refractivity contribution in [3.63, 3.8) is 0 Å². The predicted molar refractivity (Wildman–Crippen MR) is 143 cm³/mol. The van der Waals surface area contributed by atoms with Gasteiger partial charge in [-0.2, -0.15) is 0 Å². The van der Waals surface area contributed by atoms with E-state index >= 15 is 0 Å². The van der Waals surface area contributed by atoms with Crippen LogP contribution in [0.25, 0.3) is 38.9 Å². The predicted octanol–water partition coefficient (Wildman–Crippen LogP) is 5.64. The molecular formula is C29H28N6. The second kappa shape index (κ2) is 8.55. The van der Waals surface area contributed by atoms with Gasteiger partial charge in [-0.15, -0.1) is 0 Å². The molecule has 6 heteroatoms. The first kappa shape index (κ1) is 21.4. The number of aromatic nitrogens is 3. The van der Waals surface area contributed by atoms with Crippen molar-refractivity contribution in [1.29, 1.82) is 5.41 Å². The molecule has 35 heavy (non-hydrogen) atoms. The van der Waals surface area contributed by atoms with Crippen molar-refractivity contribution in [2.45, 2.75) is 13.8 Å². The van der Waals surface area contributed by atoms with Crippen LogP contribution in [0.2, 0.25) is 0 Å². The number of anilines is 1. The first-order valence-corrected chi connectivity index (χ1v) is 12.1. The number of nitrogens with one attached hydrogen (secondary N) is 1. The Hall–Kier alpha value is -4.19. The van der Waals surface area contributed by atoms with E-state index in [-0.39, 0.29) is 0 Å². The molecule has 1 aliphatic heterocycles. The van der Waals surface area contributed by atoms with Crippen molar-refractivity contribution >= 4 is 28.1 Å². The van der Waals surface area contributed by atoms with Crippen LogP contribution in [0.5, 0.6) is 0 Å². The smallest absolute Gasteiger partial charge is 0.137 e. The molecule has 1 N–H and O–H groups in total. The summed E-state index contributed by atoms with van der Waals surface area (Å²) in [5, 5.41) is 8.97. The second-order valence-corrected chi connectivity index (χ2v) is 9.22. The summed E-state index contributed by atoms with van der Waals surface area (Å²) in [6.45, 7) is 7.59. The third-order valence-electron chi connectivity index (χ3n) is 6.98. The van der Waals surface area contributed by atoms with Gasteiger partial charge in [-0.25, -0.2) is 4.98 Å². The Balaban J connectivity index is 1.28. The number of fused-ring (bicyclic) bond motifs is 2. The Labute approximate surface area is 205 Å². The molecule has 1 fully saturated rings. The first-order valence-electron chi connectivity index (χ1n) is 12.1. The van der Waals surface area contributed by atoms with E-state index in [0.717, 1.165) is 65.2 Å². The summed E-state index contributed by atoms with van der Waals surface area (Å²) in [5.74, 6) is 0.657.